The van der Waals surface area contributed by atoms with Crippen LogP contribution in [0.25, 0.3) is 0 Å². The molecule has 16 heavy (non-hydrogen) atoms. The summed E-state index contributed by atoms with van der Waals surface area (Å²) in [6.45, 7) is 3.04. The van der Waals surface area contributed by atoms with Crippen molar-refractivity contribution in [1.29, 1.82) is 0 Å². The summed E-state index contributed by atoms with van der Waals surface area (Å²) < 4.78 is 0. The van der Waals surface area contributed by atoms with Gasteiger partial charge in [0.05, 0.1) is 11.2 Å². The number of hydrogen-bond acceptors (Lipinski definition) is 3. The molecule has 1 aromatic rings. The normalized spacial score (nSPS) is 19.5. The molecule has 1 amide bonds. The van der Waals surface area contributed by atoms with E-state index in [4.69, 9.17) is 0 Å². The van der Waals surface area contributed by atoms with Gasteiger partial charge in [0, 0.05) is 25.5 Å². The minimum atomic E-state index is -0.619. The van der Waals surface area contributed by atoms with Gasteiger partial charge in [-0.15, -0.1) is 0 Å². The third-order valence-electron chi connectivity index (χ3n) is 3.04. The van der Waals surface area contributed by atoms with E-state index in [1.807, 2.05) is 6.92 Å². The van der Waals surface area contributed by atoms with Gasteiger partial charge >= 0.3 is 0 Å². The minimum absolute atomic E-state index is 0.00333. The molecule has 0 saturated carbocycles. The fourth-order valence-corrected chi connectivity index (χ4v) is 1.86. The summed E-state index contributed by atoms with van der Waals surface area (Å²) >= 11 is 0. The first-order chi connectivity index (χ1) is 7.58. The van der Waals surface area contributed by atoms with Crippen LogP contribution in [-0.4, -0.2) is 39.6 Å². The van der Waals surface area contributed by atoms with Gasteiger partial charge in [0.2, 0.25) is 0 Å². The van der Waals surface area contributed by atoms with Gasteiger partial charge in [-0.05, 0) is 31.9 Å². The van der Waals surface area contributed by atoms with Gasteiger partial charge in [-0.2, -0.15) is 0 Å². The molecule has 0 bridgehead atoms. The molecule has 1 aliphatic heterocycles. The molecule has 0 atom stereocenters. The van der Waals surface area contributed by atoms with Crippen molar-refractivity contribution in [2.24, 2.45) is 0 Å². The Morgan fingerprint density at radius 1 is 1.50 bits per heavy atom. The van der Waals surface area contributed by atoms with Crippen LogP contribution in [0.3, 0.4) is 0 Å². The van der Waals surface area contributed by atoms with E-state index in [0.29, 0.717) is 31.5 Å². The van der Waals surface area contributed by atoms with E-state index in [-0.39, 0.29) is 5.91 Å². The van der Waals surface area contributed by atoms with E-state index in [1.165, 1.54) is 0 Å². The molecule has 0 unspecified atom stereocenters. The first-order valence-corrected chi connectivity index (χ1v) is 5.50. The lowest BCUT2D eigenvalue weighted by Crippen LogP contribution is -2.45. The van der Waals surface area contributed by atoms with Gasteiger partial charge in [-0.25, -0.2) is 0 Å². The molecule has 1 aliphatic rings. The number of nitrogens with zero attached hydrogens (tertiary/aromatic N) is 2. The largest absolute Gasteiger partial charge is 0.390 e. The minimum Gasteiger partial charge on any atom is -0.390 e. The molecule has 4 heteroatoms. The van der Waals surface area contributed by atoms with Gasteiger partial charge in [0.25, 0.3) is 5.91 Å². The third kappa shape index (κ3) is 2.39. The third-order valence-corrected chi connectivity index (χ3v) is 3.04. The zero-order chi connectivity index (χ0) is 11.6. The van der Waals surface area contributed by atoms with Crippen LogP contribution in [0, 0.1) is 0 Å². The average Bonchev–Trinajstić information content (AvgIpc) is 2.29. The number of amides is 1. The van der Waals surface area contributed by atoms with Crippen LogP contribution in [0.2, 0.25) is 0 Å². The summed E-state index contributed by atoms with van der Waals surface area (Å²) in [6, 6.07) is 3.52. The van der Waals surface area contributed by atoms with Crippen molar-refractivity contribution in [3.63, 3.8) is 0 Å². The highest BCUT2D eigenvalue weighted by molar-refractivity contribution is 5.93. The molecule has 1 fully saturated rings. The van der Waals surface area contributed by atoms with Crippen LogP contribution in [0.15, 0.2) is 24.5 Å². The Morgan fingerprint density at radius 2 is 2.19 bits per heavy atom. The Balaban J connectivity index is 2.03. The number of pyridine rings is 1. The van der Waals surface area contributed by atoms with Gasteiger partial charge in [0.15, 0.2) is 0 Å². The van der Waals surface area contributed by atoms with Crippen molar-refractivity contribution >= 4 is 5.91 Å². The Kier molecular flexibility index (Phi) is 2.92. The van der Waals surface area contributed by atoms with E-state index in [2.05, 4.69) is 4.98 Å². The van der Waals surface area contributed by atoms with E-state index < -0.39 is 5.60 Å². The zero-order valence-corrected chi connectivity index (χ0v) is 9.39. The maximum atomic E-state index is 12.0. The predicted molar refractivity (Wildman–Crippen MR) is 60.0 cm³/mol. The smallest absolute Gasteiger partial charge is 0.255 e. The number of rotatable bonds is 1. The molecule has 0 aliphatic carbocycles. The maximum absolute atomic E-state index is 12.0. The van der Waals surface area contributed by atoms with Crippen LogP contribution in [0.4, 0.5) is 0 Å². The number of hydrogen-bond donors (Lipinski definition) is 1. The van der Waals surface area contributed by atoms with Crippen LogP contribution in [0.5, 0.6) is 0 Å². The average molecular weight is 220 g/mol. The summed E-state index contributed by atoms with van der Waals surface area (Å²) in [4.78, 5) is 17.7. The number of carbonyl (C=O) groups excluding carboxylic acids is 1. The Hall–Kier alpha value is -1.42. The highest BCUT2D eigenvalue weighted by atomic mass is 16.3. The lowest BCUT2D eigenvalue weighted by Gasteiger charge is -2.35. The molecule has 0 spiro atoms. The molecule has 4 nitrogen and oxygen atoms in total. The van der Waals surface area contributed by atoms with Crippen LogP contribution in [-0.2, 0) is 0 Å². The summed E-state index contributed by atoms with van der Waals surface area (Å²) in [5.74, 6) is 0.00333. The lowest BCUT2D eigenvalue weighted by molar-refractivity contribution is -0.00203. The first-order valence-electron chi connectivity index (χ1n) is 5.50. The number of aliphatic hydroxyl groups is 1. The SMILES string of the molecule is CC1(O)CCN(C(=O)c2cccnc2)CC1. The summed E-state index contributed by atoms with van der Waals surface area (Å²) in [6.07, 6.45) is 4.50. The van der Waals surface area contributed by atoms with E-state index in [1.54, 1.807) is 29.4 Å². The fraction of sp³-hybridized carbons (Fsp3) is 0.500. The van der Waals surface area contributed by atoms with Gasteiger partial charge in [0.1, 0.15) is 0 Å². The van der Waals surface area contributed by atoms with Crippen molar-refractivity contribution < 1.29 is 9.90 Å². The van der Waals surface area contributed by atoms with Gasteiger partial charge in [-0.1, -0.05) is 0 Å². The number of likely N-dealkylation sites (tertiary alicyclic amines) is 1. The van der Waals surface area contributed by atoms with Crippen molar-refractivity contribution in [3.05, 3.63) is 30.1 Å². The predicted octanol–water partition coefficient (Wildman–Crippen LogP) is 1.07. The van der Waals surface area contributed by atoms with Crippen molar-refractivity contribution in [1.82, 2.24) is 9.88 Å². The van der Waals surface area contributed by atoms with Crippen LogP contribution < -0.4 is 0 Å². The topological polar surface area (TPSA) is 53.4 Å². The lowest BCUT2D eigenvalue weighted by atomic mass is 9.93. The molecule has 86 valence electrons. The monoisotopic (exact) mass is 220 g/mol. The highest BCUT2D eigenvalue weighted by Crippen LogP contribution is 2.22. The number of aromatic nitrogens is 1. The first kappa shape index (κ1) is 11.1. The van der Waals surface area contributed by atoms with Gasteiger partial charge in [-0.3, -0.25) is 9.78 Å². The van der Waals surface area contributed by atoms with E-state index in [0.717, 1.165) is 0 Å². The molecular weight excluding hydrogens is 204 g/mol. The second-order valence-corrected chi connectivity index (χ2v) is 4.53. The molecule has 0 radical (unpaired) electrons. The fourth-order valence-electron chi connectivity index (χ4n) is 1.86. The Labute approximate surface area is 94.9 Å². The zero-order valence-electron chi connectivity index (χ0n) is 9.39. The second-order valence-electron chi connectivity index (χ2n) is 4.53. The molecule has 0 aromatic carbocycles. The Bertz CT molecular complexity index is 366. The molecular formula is C12H16N2O2. The van der Waals surface area contributed by atoms with E-state index >= 15 is 0 Å². The number of carbonyl (C=O) groups is 1. The molecule has 1 saturated heterocycles. The summed E-state index contributed by atoms with van der Waals surface area (Å²) in [5, 5.41) is 9.79. The van der Waals surface area contributed by atoms with E-state index in [9.17, 15) is 9.90 Å². The van der Waals surface area contributed by atoms with Crippen molar-refractivity contribution in [3.8, 4) is 0 Å². The summed E-state index contributed by atoms with van der Waals surface area (Å²) in [7, 11) is 0. The Morgan fingerprint density at radius 3 is 2.75 bits per heavy atom. The molecule has 2 rings (SSSR count). The summed E-state index contributed by atoms with van der Waals surface area (Å²) in [5.41, 5.74) is -0.00447. The van der Waals surface area contributed by atoms with Crippen LogP contribution >= 0.6 is 0 Å². The number of piperidine rings is 1. The quantitative estimate of drug-likeness (QED) is 0.770. The second kappa shape index (κ2) is 4.22. The standard InChI is InChI=1S/C12H16N2O2/c1-12(16)4-7-14(8-5-12)11(15)10-3-2-6-13-9-10/h2-3,6,9,16H,4-5,7-8H2,1H3. The van der Waals surface area contributed by atoms with Gasteiger partial charge < -0.3 is 10.0 Å². The van der Waals surface area contributed by atoms with Crippen molar-refractivity contribution in [2.45, 2.75) is 25.4 Å². The highest BCUT2D eigenvalue weighted by Gasteiger charge is 2.29. The van der Waals surface area contributed by atoms with Crippen molar-refractivity contribution in [2.75, 3.05) is 13.1 Å². The van der Waals surface area contributed by atoms with Crippen LogP contribution in [0.1, 0.15) is 30.1 Å². The molecule has 2 heterocycles. The maximum Gasteiger partial charge on any atom is 0.255 e. The molecule has 1 aromatic heterocycles. The molecule has 1 N–H and O–H groups in total.